The minimum Gasteiger partial charge on any atom is -0.266 e. The van der Waals surface area contributed by atoms with Crippen molar-refractivity contribution < 1.29 is 4.79 Å². The molecular formula is C13H15N3O. The maximum Gasteiger partial charge on any atom is 0.289 e. The lowest BCUT2D eigenvalue weighted by molar-refractivity contribution is 0.0949. The fourth-order valence-electron chi connectivity index (χ4n) is 2.84. The number of rotatable bonds is 2. The van der Waals surface area contributed by atoms with E-state index >= 15 is 0 Å². The summed E-state index contributed by atoms with van der Waals surface area (Å²) in [5.41, 5.74) is 4.20. The van der Waals surface area contributed by atoms with Crippen LogP contribution in [0.2, 0.25) is 0 Å². The van der Waals surface area contributed by atoms with Gasteiger partial charge in [0.25, 0.3) is 5.91 Å². The Balaban J connectivity index is 1.65. The molecule has 88 valence electrons. The molecule has 1 amide bonds. The van der Waals surface area contributed by atoms with Gasteiger partial charge < -0.3 is 0 Å². The Morgan fingerprint density at radius 3 is 3.00 bits per heavy atom. The van der Waals surface area contributed by atoms with Crippen LogP contribution in [-0.4, -0.2) is 16.6 Å². The van der Waals surface area contributed by atoms with Gasteiger partial charge in [-0.05, 0) is 49.7 Å². The lowest BCUT2D eigenvalue weighted by Crippen LogP contribution is -2.22. The molecule has 1 aromatic rings. The van der Waals surface area contributed by atoms with E-state index in [2.05, 4.69) is 15.5 Å². The van der Waals surface area contributed by atoms with Crippen LogP contribution >= 0.6 is 0 Å². The van der Waals surface area contributed by atoms with E-state index in [4.69, 9.17) is 0 Å². The summed E-state index contributed by atoms with van der Waals surface area (Å²) >= 11 is 0. The quantitative estimate of drug-likeness (QED) is 0.788. The van der Waals surface area contributed by atoms with E-state index in [1.807, 2.05) is 0 Å². The van der Waals surface area contributed by atoms with Gasteiger partial charge in [0.05, 0.1) is 0 Å². The van der Waals surface area contributed by atoms with E-state index < -0.39 is 0 Å². The van der Waals surface area contributed by atoms with Gasteiger partial charge in [0.15, 0.2) is 0 Å². The van der Waals surface area contributed by atoms with Crippen LogP contribution in [-0.2, 0) is 0 Å². The van der Waals surface area contributed by atoms with Crippen molar-refractivity contribution >= 4 is 11.6 Å². The van der Waals surface area contributed by atoms with Crippen LogP contribution in [0.25, 0.3) is 0 Å². The molecule has 3 rings (SSSR count). The number of hydrazone groups is 1. The molecule has 4 heteroatoms. The zero-order chi connectivity index (χ0) is 11.7. The zero-order valence-corrected chi connectivity index (χ0v) is 9.60. The van der Waals surface area contributed by atoms with Crippen LogP contribution < -0.4 is 5.43 Å². The highest BCUT2D eigenvalue weighted by Gasteiger charge is 2.36. The molecule has 2 saturated carbocycles. The van der Waals surface area contributed by atoms with Crippen LogP contribution in [0, 0.1) is 11.8 Å². The second-order valence-electron chi connectivity index (χ2n) is 4.84. The van der Waals surface area contributed by atoms with Gasteiger partial charge in [0.2, 0.25) is 0 Å². The third kappa shape index (κ3) is 2.07. The molecule has 4 nitrogen and oxygen atoms in total. The highest BCUT2D eigenvalue weighted by Crippen LogP contribution is 2.42. The number of nitrogens with zero attached hydrogens (tertiary/aromatic N) is 2. The summed E-state index contributed by atoms with van der Waals surface area (Å²) in [6, 6.07) is 5.28. The monoisotopic (exact) mass is 229 g/mol. The summed E-state index contributed by atoms with van der Waals surface area (Å²) < 4.78 is 0. The van der Waals surface area contributed by atoms with Crippen LogP contribution in [0.3, 0.4) is 0 Å². The Bertz CT molecular complexity index is 455. The number of pyridine rings is 1. The molecular weight excluding hydrogens is 214 g/mol. The Labute approximate surface area is 100 Å². The predicted octanol–water partition coefficient (Wildman–Crippen LogP) is 1.99. The second-order valence-corrected chi connectivity index (χ2v) is 4.84. The Hall–Kier alpha value is -1.71. The molecule has 1 heterocycles. The molecule has 2 fully saturated rings. The average molecular weight is 229 g/mol. The Morgan fingerprint density at radius 2 is 2.35 bits per heavy atom. The van der Waals surface area contributed by atoms with Gasteiger partial charge >= 0.3 is 0 Å². The minimum absolute atomic E-state index is 0.221. The summed E-state index contributed by atoms with van der Waals surface area (Å²) in [6.45, 7) is 0. The minimum atomic E-state index is -0.221. The molecule has 1 aromatic heterocycles. The first-order valence-electron chi connectivity index (χ1n) is 6.11. The van der Waals surface area contributed by atoms with Gasteiger partial charge in [-0.2, -0.15) is 5.10 Å². The van der Waals surface area contributed by atoms with Crippen molar-refractivity contribution in [3.8, 4) is 0 Å². The highest BCUT2D eigenvalue weighted by atomic mass is 16.2. The van der Waals surface area contributed by atoms with E-state index in [9.17, 15) is 4.79 Å². The van der Waals surface area contributed by atoms with Crippen molar-refractivity contribution in [2.45, 2.75) is 25.7 Å². The lowest BCUT2D eigenvalue weighted by Gasteiger charge is -2.11. The van der Waals surface area contributed by atoms with Gasteiger partial charge in [-0.3, -0.25) is 9.78 Å². The van der Waals surface area contributed by atoms with E-state index in [1.54, 1.807) is 24.4 Å². The van der Waals surface area contributed by atoms with Crippen molar-refractivity contribution in [2.24, 2.45) is 16.9 Å². The largest absolute Gasteiger partial charge is 0.289 e. The number of carbonyl (C=O) groups is 1. The van der Waals surface area contributed by atoms with Gasteiger partial charge in [-0.15, -0.1) is 0 Å². The molecule has 1 N–H and O–H groups in total. The number of nitrogens with one attached hydrogen (secondary N) is 1. The zero-order valence-electron chi connectivity index (χ0n) is 9.60. The Kier molecular flexibility index (Phi) is 2.63. The van der Waals surface area contributed by atoms with Gasteiger partial charge in [0, 0.05) is 11.9 Å². The van der Waals surface area contributed by atoms with Crippen molar-refractivity contribution in [1.82, 2.24) is 10.4 Å². The van der Waals surface area contributed by atoms with Crippen LogP contribution in [0.15, 0.2) is 29.5 Å². The maximum atomic E-state index is 11.7. The molecule has 0 unspecified atom stereocenters. The molecule has 0 aliphatic heterocycles. The fraction of sp³-hybridized carbons (Fsp3) is 0.462. The molecule has 17 heavy (non-hydrogen) atoms. The Morgan fingerprint density at radius 1 is 1.41 bits per heavy atom. The molecule has 2 atom stereocenters. The van der Waals surface area contributed by atoms with Gasteiger partial charge in [-0.25, -0.2) is 5.43 Å². The van der Waals surface area contributed by atoms with Gasteiger partial charge in [-0.1, -0.05) is 6.07 Å². The molecule has 0 saturated heterocycles. The molecule has 2 aliphatic carbocycles. The van der Waals surface area contributed by atoms with Crippen LogP contribution in [0.5, 0.6) is 0 Å². The number of hydrogen-bond donors (Lipinski definition) is 1. The summed E-state index contributed by atoms with van der Waals surface area (Å²) in [6.07, 6.45) is 6.51. The molecule has 2 aliphatic rings. The van der Waals surface area contributed by atoms with Gasteiger partial charge in [0.1, 0.15) is 5.69 Å². The summed E-state index contributed by atoms with van der Waals surface area (Å²) in [5, 5.41) is 4.26. The highest BCUT2D eigenvalue weighted by molar-refractivity contribution is 5.95. The number of aromatic nitrogens is 1. The number of carbonyl (C=O) groups excluding carboxylic acids is 1. The maximum absolute atomic E-state index is 11.7. The summed E-state index contributed by atoms with van der Waals surface area (Å²) in [4.78, 5) is 15.7. The van der Waals surface area contributed by atoms with Crippen molar-refractivity contribution in [2.75, 3.05) is 0 Å². The summed E-state index contributed by atoms with van der Waals surface area (Å²) in [5.74, 6) is 1.20. The molecule has 2 bridgehead atoms. The number of amides is 1. The number of fused-ring (bicyclic) bond motifs is 2. The first-order chi connectivity index (χ1) is 8.33. The molecule has 0 aromatic carbocycles. The second kappa shape index (κ2) is 4.28. The van der Waals surface area contributed by atoms with Crippen LogP contribution in [0.4, 0.5) is 0 Å². The van der Waals surface area contributed by atoms with E-state index in [-0.39, 0.29) is 5.91 Å². The lowest BCUT2D eigenvalue weighted by atomic mass is 9.99. The molecule has 0 spiro atoms. The average Bonchev–Trinajstić information content (AvgIpc) is 2.99. The SMILES string of the molecule is O=C(N/N=C1/C[C@H]2CC[C@@H]1C2)c1ccccn1. The summed E-state index contributed by atoms with van der Waals surface area (Å²) in [7, 11) is 0. The first-order valence-corrected chi connectivity index (χ1v) is 6.11. The van der Waals surface area contributed by atoms with E-state index in [1.165, 1.54) is 25.0 Å². The topological polar surface area (TPSA) is 54.4 Å². The fourth-order valence-corrected chi connectivity index (χ4v) is 2.84. The van der Waals surface area contributed by atoms with E-state index in [0.717, 1.165) is 12.3 Å². The van der Waals surface area contributed by atoms with Crippen molar-refractivity contribution in [3.05, 3.63) is 30.1 Å². The van der Waals surface area contributed by atoms with E-state index in [0.29, 0.717) is 11.6 Å². The first kappa shape index (κ1) is 10.4. The smallest absolute Gasteiger partial charge is 0.266 e. The molecule has 0 radical (unpaired) electrons. The third-order valence-electron chi connectivity index (χ3n) is 3.71. The van der Waals surface area contributed by atoms with Crippen molar-refractivity contribution in [3.63, 3.8) is 0 Å². The normalized spacial score (nSPS) is 28.6. The standard InChI is InChI=1S/C13H15N3O/c17-13(11-3-1-2-6-14-11)16-15-12-8-9-4-5-10(12)7-9/h1-3,6,9-10H,4-5,7-8H2,(H,16,17)/b15-12-/t9-,10+/m0/s1. The number of hydrogen-bond acceptors (Lipinski definition) is 3. The predicted molar refractivity (Wildman–Crippen MR) is 64.6 cm³/mol. The van der Waals surface area contributed by atoms with Crippen molar-refractivity contribution in [1.29, 1.82) is 0 Å². The van der Waals surface area contributed by atoms with Crippen LogP contribution in [0.1, 0.15) is 36.2 Å². The third-order valence-corrected chi connectivity index (χ3v) is 3.71.